The van der Waals surface area contributed by atoms with Gasteiger partial charge in [0.05, 0.1) is 26.9 Å². The van der Waals surface area contributed by atoms with Crippen LogP contribution in [0.15, 0.2) is 56.5 Å². The molecule has 1 fully saturated rings. The number of halogens is 3. The van der Waals surface area contributed by atoms with Gasteiger partial charge in [-0.3, -0.25) is 14.3 Å². The molecule has 0 radical (unpaired) electrons. The maximum atomic E-state index is 13.5. The van der Waals surface area contributed by atoms with Gasteiger partial charge in [0, 0.05) is 58.0 Å². The molecule has 0 amide bonds. The lowest BCUT2D eigenvalue weighted by molar-refractivity contribution is -0.146. The number of para-hydroxylation sites is 1. The summed E-state index contributed by atoms with van der Waals surface area (Å²) in [4.78, 5) is 17.4. The zero-order valence-electron chi connectivity index (χ0n) is 22.3. The molecule has 1 aliphatic heterocycles. The quantitative estimate of drug-likeness (QED) is 0.479. The van der Waals surface area contributed by atoms with E-state index in [9.17, 15) is 22.2 Å². The molecule has 206 valence electrons. The average molecular weight is 550 g/mol. The maximum Gasteiger partial charge on any atom is 0.401 e. The van der Waals surface area contributed by atoms with Crippen molar-refractivity contribution in [3.05, 3.63) is 63.9 Å². The van der Waals surface area contributed by atoms with Crippen molar-refractivity contribution < 1.29 is 17.4 Å². The average Bonchev–Trinajstić information content (AvgIpc) is 2.86. The second-order valence-corrected chi connectivity index (χ2v) is 12.3. The fourth-order valence-corrected chi connectivity index (χ4v) is 6.11. The molecule has 0 bridgehead atoms. The smallest absolute Gasteiger partial charge is 0.377 e. The highest BCUT2D eigenvalue weighted by Crippen LogP contribution is 2.32. The molecule has 1 aromatic heterocycles. The van der Waals surface area contributed by atoms with Gasteiger partial charge < -0.3 is 10.2 Å². The largest absolute Gasteiger partial charge is 0.401 e. The summed E-state index contributed by atoms with van der Waals surface area (Å²) in [5.74, 6) is 0.674. The minimum absolute atomic E-state index is 0.158. The van der Waals surface area contributed by atoms with Crippen LogP contribution in [0.3, 0.4) is 0 Å². The first-order valence-corrected chi connectivity index (χ1v) is 14.4. The molecule has 0 aliphatic carbocycles. The topological polar surface area (TPSA) is 69.9 Å². The molecule has 0 saturated carbocycles. The first kappa shape index (κ1) is 28.0. The fourth-order valence-electron chi connectivity index (χ4n) is 5.05. The van der Waals surface area contributed by atoms with Crippen molar-refractivity contribution in [2.75, 3.05) is 56.2 Å². The molecule has 2 atom stereocenters. The van der Waals surface area contributed by atoms with Crippen LogP contribution in [0.1, 0.15) is 24.1 Å². The molecule has 7 nitrogen and oxygen atoms in total. The van der Waals surface area contributed by atoms with Crippen molar-refractivity contribution in [3.63, 3.8) is 0 Å². The van der Waals surface area contributed by atoms with E-state index in [0.29, 0.717) is 34.9 Å². The third kappa shape index (κ3) is 5.83. The number of benzene rings is 2. The first-order chi connectivity index (χ1) is 17.8. The second kappa shape index (κ2) is 10.6. The number of piperazine rings is 1. The Labute approximate surface area is 221 Å². The molecule has 1 saturated heterocycles. The number of anilines is 2. The highest BCUT2D eigenvalue weighted by atomic mass is 32.2. The van der Waals surface area contributed by atoms with Gasteiger partial charge in [-0.2, -0.15) is 13.2 Å². The van der Waals surface area contributed by atoms with Gasteiger partial charge in [-0.05, 0) is 54.6 Å². The predicted molar refractivity (Wildman–Crippen MR) is 148 cm³/mol. The van der Waals surface area contributed by atoms with Crippen LogP contribution in [0.5, 0.6) is 0 Å². The highest BCUT2D eigenvalue weighted by molar-refractivity contribution is 7.93. The molecule has 3 aromatic rings. The lowest BCUT2D eigenvalue weighted by Crippen LogP contribution is -2.50. The summed E-state index contributed by atoms with van der Waals surface area (Å²) in [5, 5.41) is 4.83. The molecular formula is C27H34F3N5O2S. The summed E-state index contributed by atoms with van der Waals surface area (Å²) in [5.41, 5.74) is 2.38. The van der Waals surface area contributed by atoms with Gasteiger partial charge in [-0.15, -0.1) is 0 Å². The van der Waals surface area contributed by atoms with Crippen LogP contribution >= 0.6 is 0 Å². The lowest BCUT2D eigenvalue weighted by atomic mass is 9.97. The van der Waals surface area contributed by atoms with Crippen LogP contribution in [-0.4, -0.2) is 65.9 Å². The van der Waals surface area contributed by atoms with Gasteiger partial charge in [0.1, 0.15) is 5.82 Å². The van der Waals surface area contributed by atoms with Crippen LogP contribution in [0, 0.1) is 6.92 Å². The minimum atomic E-state index is -4.23. The number of alkyl halides is 3. The molecule has 1 unspecified atom stereocenters. The SMILES string of the molecule is CN=S(C)(=O)c1ccccc1N[C@H](C)c1cc(C)cc2c(=O)n(C)c(N3CCN(CC(F)(F)F)CC3)cc12. The minimum Gasteiger partial charge on any atom is -0.377 e. The Morgan fingerprint density at radius 1 is 1.08 bits per heavy atom. The van der Waals surface area contributed by atoms with E-state index in [0.717, 1.165) is 16.5 Å². The number of hydrogen-bond acceptors (Lipinski definition) is 6. The summed E-state index contributed by atoms with van der Waals surface area (Å²) in [6.07, 6.45) is -2.63. The molecule has 2 heterocycles. The zero-order valence-corrected chi connectivity index (χ0v) is 23.1. The first-order valence-electron chi connectivity index (χ1n) is 12.4. The van der Waals surface area contributed by atoms with Crippen molar-refractivity contribution in [2.24, 2.45) is 11.4 Å². The number of aryl methyl sites for hydroxylation is 1. The molecule has 1 N–H and O–H groups in total. The van der Waals surface area contributed by atoms with Gasteiger partial charge in [-0.25, -0.2) is 8.57 Å². The predicted octanol–water partition coefficient (Wildman–Crippen LogP) is 4.79. The van der Waals surface area contributed by atoms with Crippen molar-refractivity contribution >= 4 is 32.0 Å². The van der Waals surface area contributed by atoms with Gasteiger partial charge in [-0.1, -0.05) is 18.2 Å². The summed E-state index contributed by atoms with van der Waals surface area (Å²) in [6.45, 7) is 4.30. The molecule has 0 spiro atoms. The molecule has 38 heavy (non-hydrogen) atoms. The number of fused-ring (bicyclic) bond motifs is 1. The van der Waals surface area contributed by atoms with E-state index >= 15 is 0 Å². The van der Waals surface area contributed by atoms with Crippen molar-refractivity contribution in [3.8, 4) is 0 Å². The van der Waals surface area contributed by atoms with Crippen LogP contribution in [-0.2, 0) is 16.8 Å². The number of hydrogen-bond donors (Lipinski definition) is 1. The zero-order chi connectivity index (χ0) is 27.8. The molecule has 1 aliphatic rings. The summed E-state index contributed by atoms with van der Waals surface area (Å²) < 4.78 is 57.2. The lowest BCUT2D eigenvalue weighted by Gasteiger charge is -2.37. The molecule has 4 rings (SSSR count). The van der Waals surface area contributed by atoms with Gasteiger partial charge >= 0.3 is 6.18 Å². The van der Waals surface area contributed by atoms with Crippen molar-refractivity contribution in [1.82, 2.24) is 9.47 Å². The Balaban J connectivity index is 1.72. The number of pyridine rings is 1. The van der Waals surface area contributed by atoms with E-state index in [-0.39, 0.29) is 24.7 Å². The van der Waals surface area contributed by atoms with E-state index in [1.165, 1.54) is 11.9 Å². The van der Waals surface area contributed by atoms with Crippen molar-refractivity contribution in [1.29, 1.82) is 0 Å². The Morgan fingerprint density at radius 3 is 2.37 bits per heavy atom. The second-order valence-electron chi connectivity index (χ2n) is 9.91. The summed E-state index contributed by atoms with van der Waals surface area (Å²) in [7, 11) is 0.659. The Morgan fingerprint density at radius 2 is 1.74 bits per heavy atom. The number of nitrogens with zero attached hydrogens (tertiary/aromatic N) is 4. The number of nitrogens with one attached hydrogen (secondary N) is 1. The van der Waals surface area contributed by atoms with Crippen LogP contribution < -0.4 is 15.8 Å². The van der Waals surface area contributed by atoms with Crippen LogP contribution in [0.2, 0.25) is 0 Å². The van der Waals surface area contributed by atoms with E-state index in [1.807, 2.05) is 55.1 Å². The molecule has 11 heteroatoms. The van der Waals surface area contributed by atoms with E-state index in [2.05, 4.69) is 9.68 Å². The Hall–Kier alpha value is -3.05. The van der Waals surface area contributed by atoms with Crippen molar-refractivity contribution in [2.45, 2.75) is 31.0 Å². The highest BCUT2D eigenvalue weighted by Gasteiger charge is 2.32. The summed E-state index contributed by atoms with van der Waals surface area (Å²) in [6, 6.07) is 13.0. The fraction of sp³-hybridized carbons (Fsp3) is 0.444. The Kier molecular flexibility index (Phi) is 7.81. The molecular weight excluding hydrogens is 515 g/mol. The van der Waals surface area contributed by atoms with Crippen LogP contribution in [0.25, 0.3) is 10.8 Å². The standard InChI is InChI=1S/C27H34F3N5O2S/c1-18-14-20(19(2)32-23-8-6-7-9-24(23)38(5,37)31-3)21-16-25(33(4)26(36)22(21)15-18)35-12-10-34(11-13-35)17-27(28,29)30/h6-9,14-16,19,32H,10-13,17H2,1-5H3/t19-,38?/m1/s1. The van der Waals surface area contributed by atoms with Crippen LogP contribution in [0.4, 0.5) is 24.7 Å². The van der Waals surface area contributed by atoms with Gasteiger partial charge in [0.15, 0.2) is 0 Å². The van der Waals surface area contributed by atoms with Gasteiger partial charge in [0.25, 0.3) is 5.56 Å². The maximum absolute atomic E-state index is 13.5. The Bertz CT molecular complexity index is 1520. The van der Waals surface area contributed by atoms with E-state index < -0.39 is 22.5 Å². The summed E-state index contributed by atoms with van der Waals surface area (Å²) >= 11 is 0. The van der Waals surface area contributed by atoms with E-state index in [1.54, 1.807) is 23.9 Å². The third-order valence-corrected chi connectivity index (χ3v) is 8.96. The third-order valence-electron chi connectivity index (χ3n) is 7.09. The normalized spacial score (nSPS) is 17.3. The number of rotatable bonds is 6. The van der Waals surface area contributed by atoms with E-state index in [4.69, 9.17) is 0 Å². The monoisotopic (exact) mass is 549 g/mol. The molecule has 2 aromatic carbocycles. The number of aromatic nitrogens is 1. The van der Waals surface area contributed by atoms with Gasteiger partial charge in [0.2, 0.25) is 0 Å².